The van der Waals surface area contributed by atoms with Crippen LogP contribution < -0.4 is 16.0 Å². The van der Waals surface area contributed by atoms with Gasteiger partial charge in [0, 0.05) is 31.1 Å². The van der Waals surface area contributed by atoms with Crippen molar-refractivity contribution in [3.05, 3.63) is 65.2 Å². The SMILES string of the molecule is CCNC(=NCC(c1ccc(CC)cc1)N(C)C)NCC1CC(=O)Nc2ccccc21. The minimum absolute atomic E-state index is 0.0654. The molecule has 0 bridgehead atoms. The number of fused-ring (bicyclic) bond motifs is 1. The summed E-state index contributed by atoms with van der Waals surface area (Å²) in [6.07, 6.45) is 1.52. The molecule has 31 heavy (non-hydrogen) atoms. The smallest absolute Gasteiger partial charge is 0.225 e. The van der Waals surface area contributed by atoms with Crippen molar-refractivity contribution >= 4 is 17.6 Å². The molecule has 0 saturated heterocycles. The second kappa shape index (κ2) is 11.0. The van der Waals surface area contributed by atoms with Crippen LogP contribution in [0.1, 0.15) is 48.9 Å². The first-order valence-corrected chi connectivity index (χ1v) is 11.2. The van der Waals surface area contributed by atoms with Gasteiger partial charge in [-0.1, -0.05) is 49.4 Å². The zero-order chi connectivity index (χ0) is 22.2. The highest BCUT2D eigenvalue weighted by molar-refractivity contribution is 5.94. The van der Waals surface area contributed by atoms with Crippen LogP contribution in [0.2, 0.25) is 0 Å². The first kappa shape index (κ1) is 22.8. The van der Waals surface area contributed by atoms with Crippen molar-refractivity contribution in [2.45, 2.75) is 38.6 Å². The van der Waals surface area contributed by atoms with Crippen molar-refractivity contribution in [2.75, 3.05) is 39.0 Å². The molecule has 6 nitrogen and oxygen atoms in total. The lowest BCUT2D eigenvalue weighted by Crippen LogP contribution is -2.41. The molecule has 0 radical (unpaired) electrons. The number of amides is 1. The molecule has 2 aromatic carbocycles. The van der Waals surface area contributed by atoms with Gasteiger partial charge >= 0.3 is 0 Å². The Morgan fingerprint density at radius 3 is 2.55 bits per heavy atom. The Morgan fingerprint density at radius 1 is 1.13 bits per heavy atom. The van der Waals surface area contributed by atoms with Crippen molar-refractivity contribution in [3.8, 4) is 0 Å². The molecule has 0 spiro atoms. The molecule has 3 N–H and O–H groups in total. The summed E-state index contributed by atoms with van der Waals surface area (Å²) >= 11 is 0. The zero-order valence-electron chi connectivity index (χ0n) is 19.1. The summed E-state index contributed by atoms with van der Waals surface area (Å²) in [5.74, 6) is 0.971. The third-order valence-corrected chi connectivity index (χ3v) is 5.79. The molecule has 1 aliphatic rings. The fraction of sp³-hybridized carbons (Fsp3) is 0.440. The van der Waals surface area contributed by atoms with Crippen molar-refractivity contribution in [3.63, 3.8) is 0 Å². The van der Waals surface area contributed by atoms with E-state index >= 15 is 0 Å². The van der Waals surface area contributed by atoms with Crippen LogP contribution in [0.15, 0.2) is 53.5 Å². The van der Waals surface area contributed by atoms with Crippen LogP contribution in [0, 0.1) is 0 Å². The van der Waals surface area contributed by atoms with Crippen molar-refractivity contribution in [2.24, 2.45) is 4.99 Å². The normalized spacial score (nSPS) is 17.1. The summed E-state index contributed by atoms with van der Waals surface area (Å²) in [5.41, 5.74) is 4.69. The molecule has 6 heteroatoms. The van der Waals surface area contributed by atoms with Gasteiger partial charge in [0.1, 0.15) is 0 Å². The average molecular weight is 422 g/mol. The van der Waals surface area contributed by atoms with Crippen LogP contribution in [0.5, 0.6) is 0 Å². The van der Waals surface area contributed by atoms with Gasteiger partial charge in [0.25, 0.3) is 0 Å². The van der Waals surface area contributed by atoms with E-state index in [-0.39, 0.29) is 17.9 Å². The maximum absolute atomic E-state index is 12.1. The molecule has 3 rings (SSSR count). The van der Waals surface area contributed by atoms with Crippen LogP contribution in [-0.4, -0.2) is 50.5 Å². The van der Waals surface area contributed by atoms with Gasteiger partial charge in [-0.3, -0.25) is 9.79 Å². The Kier molecular flexibility index (Phi) is 8.06. The number of carbonyl (C=O) groups excluding carboxylic acids is 1. The minimum atomic E-state index is 0.0654. The summed E-state index contributed by atoms with van der Waals surface area (Å²) in [7, 11) is 4.18. The molecular formula is C25H35N5O. The number of benzene rings is 2. The monoisotopic (exact) mass is 421 g/mol. The fourth-order valence-electron chi connectivity index (χ4n) is 3.97. The van der Waals surface area contributed by atoms with Crippen LogP contribution in [0.3, 0.4) is 0 Å². The zero-order valence-corrected chi connectivity index (χ0v) is 19.1. The molecule has 1 amide bonds. The van der Waals surface area contributed by atoms with Gasteiger partial charge in [-0.25, -0.2) is 0 Å². The van der Waals surface area contributed by atoms with E-state index in [0.717, 1.165) is 24.6 Å². The Labute approximate surface area is 186 Å². The van der Waals surface area contributed by atoms with Gasteiger partial charge < -0.3 is 20.9 Å². The Bertz CT molecular complexity index is 891. The molecule has 0 saturated carbocycles. The predicted molar refractivity (Wildman–Crippen MR) is 129 cm³/mol. The van der Waals surface area contributed by atoms with Crippen molar-refractivity contribution in [1.82, 2.24) is 15.5 Å². The van der Waals surface area contributed by atoms with Crippen LogP contribution in [0.4, 0.5) is 5.69 Å². The molecule has 1 aliphatic heterocycles. The molecule has 1 heterocycles. The molecule has 166 valence electrons. The summed E-state index contributed by atoms with van der Waals surface area (Å²) in [4.78, 5) is 19.2. The number of likely N-dealkylation sites (N-methyl/N-ethyl adjacent to an activating group) is 1. The third-order valence-electron chi connectivity index (χ3n) is 5.79. The maximum Gasteiger partial charge on any atom is 0.225 e. The number of hydrogen-bond acceptors (Lipinski definition) is 3. The summed E-state index contributed by atoms with van der Waals surface area (Å²) in [6, 6.07) is 17.0. The lowest BCUT2D eigenvalue weighted by Gasteiger charge is -2.27. The average Bonchev–Trinajstić information content (AvgIpc) is 2.77. The minimum Gasteiger partial charge on any atom is -0.357 e. The molecule has 2 unspecified atom stereocenters. The number of anilines is 1. The van der Waals surface area contributed by atoms with E-state index in [4.69, 9.17) is 4.99 Å². The quantitative estimate of drug-likeness (QED) is 0.451. The second-order valence-electron chi connectivity index (χ2n) is 8.21. The summed E-state index contributed by atoms with van der Waals surface area (Å²) in [6.45, 7) is 6.33. The Morgan fingerprint density at radius 2 is 1.87 bits per heavy atom. The van der Waals surface area contributed by atoms with Crippen LogP contribution in [-0.2, 0) is 11.2 Å². The van der Waals surface area contributed by atoms with Crippen molar-refractivity contribution in [1.29, 1.82) is 0 Å². The third kappa shape index (κ3) is 6.07. The van der Waals surface area contributed by atoms with Gasteiger partial charge in [-0.15, -0.1) is 0 Å². The predicted octanol–water partition coefficient (Wildman–Crippen LogP) is 3.53. The number of nitrogens with one attached hydrogen (secondary N) is 3. The van der Waals surface area contributed by atoms with E-state index in [1.165, 1.54) is 16.7 Å². The van der Waals surface area contributed by atoms with E-state index in [2.05, 4.69) is 79.1 Å². The van der Waals surface area contributed by atoms with E-state index in [1.54, 1.807) is 0 Å². The highest BCUT2D eigenvalue weighted by atomic mass is 16.1. The first-order valence-electron chi connectivity index (χ1n) is 11.2. The van der Waals surface area contributed by atoms with Gasteiger partial charge in [0.05, 0.1) is 12.6 Å². The fourth-order valence-corrected chi connectivity index (χ4v) is 3.97. The number of aryl methyl sites for hydroxylation is 1. The molecule has 0 aliphatic carbocycles. The van der Waals surface area contributed by atoms with Crippen LogP contribution >= 0.6 is 0 Å². The number of hydrogen-bond donors (Lipinski definition) is 3. The lowest BCUT2D eigenvalue weighted by molar-refractivity contribution is -0.116. The summed E-state index contributed by atoms with van der Waals surface area (Å²) < 4.78 is 0. The number of carbonyl (C=O) groups is 1. The van der Waals surface area contributed by atoms with E-state index < -0.39 is 0 Å². The Hall–Kier alpha value is -2.86. The molecular weight excluding hydrogens is 386 g/mol. The molecule has 0 aromatic heterocycles. The number of nitrogens with zero attached hydrogens (tertiary/aromatic N) is 2. The summed E-state index contributed by atoms with van der Waals surface area (Å²) in [5, 5.41) is 9.76. The number of para-hydroxylation sites is 1. The van der Waals surface area contributed by atoms with E-state index in [1.807, 2.05) is 18.2 Å². The number of aliphatic imine (C=N–C) groups is 1. The maximum atomic E-state index is 12.1. The largest absolute Gasteiger partial charge is 0.357 e. The topological polar surface area (TPSA) is 68.8 Å². The van der Waals surface area contributed by atoms with Gasteiger partial charge in [-0.05, 0) is 50.2 Å². The first-order chi connectivity index (χ1) is 15.0. The number of rotatable bonds is 8. The van der Waals surface area contributed by atoms with Crippen molar-refractivity contribution < 1.29 is 4.79 Å². The highest BCUT2D eigenvalue weighted by Gasteiger charge is 2.24. The molecule has 2 atom stereocenters. The second-order valence-corrected chi connectivity index (χ2v) is 8.21. The van der Waals surface area contributed by atoms with E-state index in [9.17, 15) is 4.79 Å². The molecule has 0 fully saturated rings. The highest BCUT2D eigenvalue weighted by Crippen LogP contribution is 2.31. The number of guanidine groups is 1. The van der Waals surface area contributed by atoms with E-state index in [0.29, 0.717) is 19.5 Å². The van der Waals surface area contributed by atoms with Gasteiger partial charge in [0.2, 0.25) is 5.91 Å². The van der Waals surface area contributed by atoms with Gasteiger partial charge in [0.15, 0.2) is 5.96 Å². The van der Waals surface area contributed by atoms with Crippen LogP contribution in [0.25, 0.3) is 0 Å². The standard InChI is InChI=1S/C25H35N5O/c1-5-18-11-13-19(14-12-18)23(30(3)4)17-28-25(26-6-2)27-16-20-15-24(31)29-22-10-8-7-9-21(20)22/h7-14,20,23H,5-6,15-17H2,1-4H3,(H,29,31)(H2,26,27,28). The Balaban J connectivity index is 1.69. The van der Waals surface area contributed by atoms with Gasteiger partial charge in [-0.2, -0.15) is 0 Å². The molecule has 2 aromatic rings. The lowest BCUT2D eigenvalue weighted by atomic mass is 9.90.